The van der Waals surface area contributed by atoms with Crippen LogP contribution in [0.3, 0.4) is 0 Å². The Morgan fingerprint density at radius 2 is 1.37 bits per heavy atom. The maximum Gasteiger partial charge on any atom is 0.329 e. The lowest BCUT2D eigenvalue weighted by atomic mass is 9.94. The van der Waals surface area contributed by atoms with Gasteiger partial charge in [0.2, 0.25) is 47.3 Å². The number of aliphatic hydroxyl groups is 2. The van der Waals surface area contributed by atoms with Crippen molar-refractivity contribution in [2.24, 2.45) is 23.5 Å². The van der Waals surface area contributed by atoms with Gasteiger partial charge in [0.1, 0.15) is 72.2 Å². The number of carbonyl (C=O) groups is 9. The van der Waals surface area contributed by atoms with Gasteiger partial charge in [0, 0.05) is 26.3 Å². The number of aliphatic hydroxyl groups excluding tert-OH is 2. The average Bonchev–Trinajstić information content (AvgIpc) is 3.32. The van der Waals surface area contributed by atoms with E-state index in [0.717, 1.165) is 9.80 Å². The molecule has 2 bridgehead atoms. The van der Waals surface area contributed by atoms with Gasteiger partial charge in [-0.1, -0.05) is 72.2 Å². The second kappa shape index (κ2) is 26.8. The van der Waals surface area contributed by atoms with Crippen molar-refractivity contribution in [2.75, 3.05) is 7.05 Å². The summed E-state index contributed by atoms with van der Waals surface area (Å²) in [5.41, 5.74) is 6.38. The number of carbonyl (C=O) groups excluding carboxylic acids is 9. The molecular weight excluding hydrogens is 949 g/mol. The third kappa shape index (κ3) is 16.6. The second-order valence-corrected chi connectivity index (χ2v) is 20.0. The number of phenolic OH excluding ortho intramolecular Hbond substituents is 2. The molecule has 402 valence electrons. The summed E-state index contributed by atoms with van der Waals surface area (Å²) < 4.78 is 5.92. The molecule has 2 saturated heterocycles. The molecule has 11 N–H and O–H groups in total. The van der Waals surface area contributed by atoms with Gasteiger partial charge in [-0.2, -0.15) is 0 Å². The Hall–Kier alpha value is -6.81. The Morgan fingerprint density at radius 1 is 0.781 bits per heavy atom. The zero-order valence-electron chi connectivity index (χ0n) is 42.8. The summed E-state index contributed by atoms with van der Waals surface area (Å²) in [6.07, 6.45) is -5.85. The quantitative estimate of drug-likeness (QED) is 0.0944. The number of aromatic hydroxyl groups is 2. The summed E-state index contributed by atoms with van der Waals surface area (Å²) in [4.78, 5) is 129. The Morgan fingerprint density at radius 3 is 1.93 bits per heavy atom. The van der Waals surface area contributed by atoms with Gasteiger partial charge >= 0.3 is 5.97 Å². The zero-order chi connectivity index (χ0) is 54.4. The number of fused-ring (bicyclic) bond motifs is 2. The van der Waals surface area contributed by atoms with Crippen LogP contribution in [0.15, 0.2) is 48.5 Å². The fraction of sp³-hybridized carbons (Fsp3) is 0.588. The molecule has 73 heavy (non-hydrogen) atoms. The van der Waals surface area contributed by atoms with Crippen molar-refractivity contribution in [3.8, 4) is 11.5 Å². The lowest BCUT2D eigenvalue weighted by molar-refractivity contribution is -0.166. The molecular formula is C51H74N8O14. The molecule has 2 aliphatic heterocycles. The number of piperidine rings is 1. The number of benzene rings is 2. The van der Waals surface area contributed by atoms with E-state index < -0.39 is 133 Å². The van der Waals surface area contributed by atoms with Gasteiger partial charge in [-0.05, 0) is 92.2 Å². The number of esters is 1. The van der Waals surface area contributed by atoms with Crippen LogP contribution in [-0.2, 0) is 60.7 Å². The van der Waals surface area contributed by atoms with E-state index in [1.165, 1.54) is 50.4 Å². The molecule has 2 unspecified atom stereocenters. The summed E-state index contributed by atoms with van der Waals surface area (Å²) >= 11 is 0. The molecule has 0 aromatic heterocycles. The van der Waals surface area contributed by atoms with Gasteiger partial charge in [0.25, 0.3) is 0 Å². The molecule has 22 nitrogen and oxygen atoms in total. The summed E-state index contributed by atoms with van der Waals surface area (Å²) in [7, 11) is 1.36. The summed E-state index contributed by atoms with van der Waals surface area (Å²) in [5.74, 6) is -9.53. The van der Waals surface area contributed by atoms with E-state index in [1.807, 2.05) is 13.8 Å². The first-order chi connectivity index (χ1) is 34.3. The molecule has 0 radical (unpaired) electrons. The predicted octanol–water partition coefficient (Wildman–Crippen LogP) is 0.153. The maximum absolute atomic E-state index is 14.9. The molecule has 2 fully saturated rings. The first-order valence-corrected chi connectivity index (χ1v) is 24.8. The van der Waals surface area contributed by atoms with Crippen LogP contribution in [0.2, 0.25) is 0 Å². The summed E-state index contributed by atoms with van der Waals surface area (Å²) in [6, 6.07) is 1.22. The van der Waals surface area contributed by atoms with Crippen LogP contribution in [0.5, 0.6) is 11.5 Å². The highest BCUT2D eigenvalue weighted by atomic mass is 16.5. The number of cyclic esters (lactones) is 1. The maximum atomic E-state index is 14.9. The van der Waals surface area contributed by atoms with E-state index in [0.29, 0.717) is 17.5 Å². The van der Waals surface area contributed by atoms with Crippen molar-refractivity contribution >= 4 is 53.2 Å². The fourth-order valence-corrected chi connectivity index (χ4v) is 8.73. The third-order valence-electron chi connectivity index (χ3n) is 13.1. The molecule has 0 spiro atoms. The number of hydrogen-bond donors (Lipinski definition) is 10. The van der Waals surface area contributed by atoms with E-state index in [4.69, 9.17) is 10.5 Å². The van der Waals surface area contributed by atoms with Crippen molar-refractivity contribution in [2.45, 2.75) is 167 Å². The fourth-order valence-electron chi connectivity index (χ4n) is 8.73. The van der Waals surface area contributed by atoms with Gasteiger partial charge in [-0.15, -0.1) is 0 Å². The van der Waals surface area contributed by atoms with Crippen LogP contribution in [0, 0.1) is 17.8 Å². The standard InChI is InChI=1S/C51H74N8O14/c1-9-28(6)42-51(72)73-29(7)43(57-44(65)34(18-20-40(52)63)53-47(68)39(62)25-31-12-16-33(61)17-13-31)48(69)55-36(22-26(2)3)45(66)54-35-19-21-41(64)59(49(35)70)38(23-27(4)5)50(71)58(8)37(46(67)56-42)24-30-10-14-32(60)15-11-30/h10-17,26-29,34-39,41-43,60-62,64H,9,18-25H2,1-8H3,(H2,52,63)(H,53,68)(H,54,66)(H,55,69)(H,56,67)(H,57,65)/t28-,29-,34-,35-,36-,37-,38-,39?,41+,42?,43-/m1/s1. The van der Waals surface area contributed by atoms with Crippen molar-refractivity contribution in [1.29, 1.82) is 0 Å². The van der Waals surface area contributed by atoms with E-state index >= 15 is 0 Å². The number of ether oxygens (including phenoxy) is 1. The smallest absolute Gasteiger partial charge is 0.329 e. The Kier molecular flexibility index (Phi) is 21.5. The normalized spacial score (nSPS) is 25.0. The number of rotatable bonds is 17. The Bertz CT molecular complexity index is 2280. The van der Waals surface area contributed by atoms with Gasteiger partial charge in [0.15, 0.2) is 0 Å². The number of nitrogens with zero attached hydrogens (tertiary/aromatic N) is 2. The van der Waals surface area contributed by atoms with Crippen LogP contribution in [0.25, 0.3) is 0 Å². The average molecular weight is 1020 g/mol. The first kappa shape index (κ1) is 58.8. The van der Waals surface area contributed by atoms with Crippen molar-refractivity contribution < 1.29 is 68.3 Å². The minimum absolute atomic E-state index is 0.0142. The minimum Gasteiger partial charge on any atom is -0.508 e. The molecule has 2 aromatic rings. The third-order valence-corrected chi connectivity index (χ3v) is 13.1. The number of amides is 8. The van der Waals surface area contributed by atoms with Crippen molar-refractivity contribution in [3.63, 3.8) is 0 Å². The minimum atomic E-state index is -1.85. The van der Waals surface area contributed by atoms with Crippen LogP contribution >= 0.6 is 0 Å². The summed E-state index contributed by atoms with van der Waals surface area (Å²) in [6.45, 7) is 11.8. The molecule has 8 amide bonds. The molecule has 0 saturated carbocycles. The number of phenols is 2. The van der Waals surface area contributed by atoms with Gasteiger partial charge in [-0.25, -0.2) is 4.79 Å². The highest BCUT2D eigenvalue weighted by Crippen LogP contribution is 2.27. The number of likely N-dealkylation sites (N-methyl/N-ethyl adjacent to an activating group) is 1. The van der Waals surface area contributed by atoms with Crippen LogP contribution in [0.4, 0.5) is 0 Å². The number of nitrogens with two attached hydrogens (primary N) is 1. The monoisotopic (exact) mass is 1020 g/mol. The van der Waals surface area contributed by atoms with Gasteiger partial charge < -0.3 is 67.3 Å². The highest BCUT2D eigenvalue weighted by molar-refractivity contribution is 5.98. The molecule has 2 aromatic carbocycles. The topological polar surface area (TPSA) is 336 Å². The van der Waals surface area contributed by atoms with Crippen LogP contribution in [-0.4, -0.2) is 151 Å². The van der Waals surface area contributed by atoms with Gasteiger partial charge in [0.05, 0.1) is 0 Å². The predicted molar refractivity (Wildman–Crippen MR) is 264 cm³/mol. The highest BCUT2D eigenvalue weighted by Gasteiger charge is 2.46. The van der Waals surface area contributed by atoms with Crippen LogP contribution in [0.1, 0.15) is 105 Å². The van der Waals surface area contributed by atoms with Crippen molar-refractivity contribution in [3.05, 3.63) is 59.7 Å². The lowest BCUT2D eigenvalue weighted by Gasteiger charge is -2.43. The lowest BCUT2D eigenvalue weighted by Crippen LogP contribution is -2.65. The number of hydrogen-bond acceptors (Lipinski definition) is 14. The van der Waals surface area contributed by atoms with E-state index in [2.05, 4.69) is 26.6 Å². The number of nitrogens with one attached hydrogen (secondary N) is 5. The van der Waals surface area contributed by atoms with E-state index in [9.17, 15) is 63.6 Å². The number of primary amides is 1. The zero-order valence-corrected chi connectivity index (χ0v) is 42.8. The SMILES string of the molecule is CC[C@@H](C)C1NC(=O)[C@@H](Cc2ccc(O)cc2)N(C)C(=O)[C@@H](CC(C)C)N2C(=O)[C@@H](CC[C@@H]2O)NC(=O)[C@@H](CC(C)C)NC(=O)[C@H](NC(=O)[C@@H](CCC(N)=O)NC(=O)C(O)Cc2ccc(O)cc2)[C@@H](C)OC1=O. The molecule has 2 heterocycles. The molecule has 4 rings (SSSR count). The molecule has 11 atom stereocenters. The Balaban J connectivity index is 1.83. The molecule has 0 aliphatic carbocycles. The Labute approximate surface area is 425 Å². The van der Waals surface area contributed by atoms with Gasteiger partial charge in [-0.3, -0.25) is 38.4 Å². The summed E-state index contributed by atoms with van der Waals surface area (Å²) in [5, 5.41) is 54.9. The molecule has 2 aliphatic rings. The largest absolute Gasteiger partial charge is 0.508 e. The van der Waals surface area contributed by atoms with E-state index in [-0.39, 0.29) is 61.9 Å². The van der Waals surface area contributed by atoms with Crippen LogP contribution < -0.4 is 32.3 Å². The first-order valence-electron chi connectivity index (χ1n) is 24.8. The molecule has 22 heteroatoms. The second-order valence-electron chi connectivity index (χ2n) is 20.0. The van der Waals surface area contributed by atoms with Crippen molar-refractivity contribution in [1.82, 2.24) is 36.4 Å². The van der Waals surface area contributed by atoms with E-state index in [1.54, 1.807) is 39.8 Å².